The van der Waals surface area contributed by atoms with E-state index in [9.17, 15) is 13.2 Å². The van der Waals surface area contributed by atoms with Crippen LogP contribution in [0.3, 0.4) is 0 Å². The van der Waals surface area contributed by atoms with Crippen molar-refractivity contribution in [3.63, 3.8) is 0 Å². The van der Waals surface area contributed by atoms with E-state index < -0.39 is 22.0 Å². The summed E-state index contributed by atoms with van der Waals surface area (Å²) >= 11 is 0. The number of rotatable bonds is 8. The molecule has 2 rings (SSSR count). The van der Waals surface area contributed by atoms with Crippen LogP contribution in [0.25, 0.3) is 0 Å². The Morgan fingerprint density at radius 2 is 1.67 bits per heavy atom. The van der Waals surface area contributed by atoms with Crippen molar-refractivity contribution in [2.45, 2.75) is 31.3 Å². The molecular formula is C19H24N2O5S. The van der Waals surface area contributed by atoms with Crippen LogP contribution in [-0.2, 0) is 21.4 Å². The van der Waals surface area contributed by atoms with Gasteiger partial charge in [0.1, 0.15) is 0 Å². The van der Waals surface area contributed by atoms with Gasteiger partial charge in [-0.15, -0.1) is 0 Å². The Morgan fingerprint density at radius 1 is 1.04 bits per heavy atom. The van der Waals surface area contributed by atoms with Crippen LogP contribution in [0.15, 0.2) is 47.4 Å². The van der Waals surface area contributed by atoms with Crippen molar-refractivity contribution in [3.05, 3.63) is 53.6 Å². The minimum Gasteiger partial charge on any atom is -0.493 e. The Balaban J connectivity index is 2.03. The molecule has 0 heterocycles. The largest absolute Gasteiger partial charge is 0.493 e. The zero-order valence-electron chi connectivity index (χ0n) is 15.8. The summed E-state index contributed by atoms with van der Waals surface area (Å²) in [5, 5.41) is 2.72. The first-order valence-electron chi connectivity index (χ1n) is 8.34. The summed E-state index contributed by atoms with van der Waals surface area (Å²) in [6.07, 6.45) is 0. The third-order valence-corrected chi connectivity index (χ3v) is 5.52. The van der Waals surface area contributed by atoms with Gasteiger partial charge in [0, 0.05) is 12.6 Å². The number of nitrogens with one attached hydrogen (secondary N) is 2. The number of hydrogen-bond acceptors (Lipinski definition) is 5. The van der Waals surface area contributed by atoms with Gasteiger partial charge in [-0.05, 0) is 31.5 Å². The number of sulfonamides is 1. The van der Waals surface area contributed by atoms with Crippen LogP contribution >= 0.6 is 0 Å². The monoisotopic (exact) mass is 392 g/mol. The van der Waals surface area contributed by atoms with E-state index in [1.165, 1.54) is 39.3 Å². The van der Waals surface area contributed by atoms with Gasteiger partial charge >= 0.3 is 0 Å². The molecule has 0 radical (unpaired) electrons. The zero-order valence-corrected chi connectivity index (χ0v) is 16.6. The van der Waals surface area contributed by atoms with Crippen molar-refractivity contribution in [2.24, 2.45) is 0 Å². The number of methoxy groups -OCH3 is 2. The number of amides is 1. The molecule has 0 spiro atoms. The molecule has 0 saturated carbocycles. The molecule has 7 nitrogen and oxygen atoms in total. The van der Waals surface area contributed by atoms with Gasteiger partial charge in [-0.25, -0.2) is 8.42 Å². The molecule has 0 saturated heterocycles. The molecule has 0 aliphatic carbocycles. The summed E-state index contributed by atoms with van der Waals surface area (Å²) in [5.74, 6) is 0.289. The Hall–Kier alpha value is -2.58. The lowest BCUT2D eigenvalue weighted by Gasteiger charge is -2.15. The summed E-state index contributed by atoms with van der Waals surface area (Å²) in [6, 6.07) is 11.0. The Morgan fingerprint density at radius 3 is 2.26 bits per heavy atom. The predicted octanol–water partition coefficient (Wildman–Crippen LogP) is 2.00. The van der Waals surface area contributed by atoms with Gasteiger partial charge in [-0.3, -0.25) is 4.79 Å². The van der Waals surface area contributed by atoms with Gasteiger partial charge in [-0.1, -0.05) is 29.8 Å². The fourth-order valence-electron chi connectivity index (χ4n) is 2.39. The standard InChI is InChI=1S/C19H24N2O5S/c1-13-5-7-15(8-6-13)12-20-19(22)14(2)21-27(23,24)16-9-10-17(25-3)18(11-16)26-4/h5-11,14,21H,12H2,1-4H3,(H,20,22). The summed E-state index contributed by atoms with van der Waals surface area (Å²) in [7, 11) is -1.01. The summed E-state index contributed by atoms with van der Waals surface area (Å²) in [5.41, 5.74) is 2.06. The predicted molar refractivity (Wildman–Crippen MR) is 102 cm³/mol. The highest BCUT2D eigenvalue weighted by Gasteiger charge is 2.23. The van der Waals surface area contributed by atoms with E-state index in [0.717, 1.165) is 11.1 Å². The van der Waals surface area contributed by atoms with E-state index in [4.69, 9.17) is 9.47 Å². The molecule has 0 fully saturated rings. The Labute approximate surface area is 159 Å². The van der Waals surface area contributed by atoms with Crippen molar-refractivity contribution in [1.82, 2.24) is 10.0 Å². The first-order valence-corrected chi connectivity index (χ1v) is 9.82. The summed E-state index contributed by atoms with van der Waals surface area (Å²) < 4.78 is 37.7. The molecule has 0 aliphatic heterocycles. The van der Waals surface area contributed by atoms with E-state index in [2.05, 4.69) is 10.0 Å². The third kappa shape index (κ3) is 5.45. The Kier molecular flexibility index (Phi) is 6.81. The van der Waals surface area contributed by atoms with E-state index in [1.54, 1.807) is 0 Å². The second kappa shape index (κ2) is 8.88. The van der Waals surface area contributed by atoms with Crippen LogP contribution in [0.1, 0.15) is 18.1 Å². The fourth-order valence-corrected chi connectivity index (χ4v) is 3.60. The molecule has 2 aromatic carbocycles. The molecule has 27 heavy (non-hydrogen) atoms. The zero-order chi connectivity index (χ0) is 20.0. The Bertz CT molecular complexity index is 895. The lowest BCUT2D eigenvalue weighted by atomic mass is 10.1. The lowest BCUT2D eigenvalue weighted by molar-refractivity contribution is -0.122. The maximum Gasteiger partial charge on any atom is 0.241 e. The second-order valence-corrected chi connectivity index (χ2v) is 7.78. The fraction of sp³-hybridized carbons (Fsp3) is 0.316. The molecule has 146 valence electrons. The molecule has 2 N–H and O–H groups in total. The molecule has 0 bridgehead atoms. The number of benzene rings is 2. The van der Waals surface area contributed by atoms with Gasteiger partial charge in [-0.2, -0.15) is 4.72 Å². The lowest BCUT2D eigenvalue weighted by Crippen LogP contribution is -2.44. The molecule has 0 aromatic heterocycles. The molecule has 0 aliphatic rings. The highest BCUT2D eigenvalue weighted by molar-refractivity contribution is 7.89. The molecule has 1 unspecified atom stereocenters. The van der Waals surface area contributed by atoms with Gasteiger partial charge in [0.2, 0.25) is 15.9 Å². The topological polar surface area (TPSA) is 93.7 Å². The maximum atomic E-state index is 12.5. The SMILES string of the molecule is COc1ccc(S(=O)(=O)NC(C)C(=O)NCc2ccc(C)cc2)cc1OC. The number of carbonyl (C=O) groups is 1. The van der Waals surface area contributed by atoms with Crippen molar-refractivity contribution >= 4 is 15.9 Å². The first-order chi connectivity index (χ1) is 12.8. The number of carbonyl (C=O) groups excluding carboxylic acids is 1. The van der Waals surface area contributed by atoms with Gasteiger partial charge in [0.15, 0.2) is 11.5 Å². The number of hydrogen-bond donors (Lipinski definition) is 2. The molecular weight excluding hydrogens is 368 g/mol. The van der Waals surface area contributed by atoms with E-state index in [-0.39, 0.29) is 10.6 Å². The van der Waals surface area contributed by atoms with Crippen molar-refractivity contribution in [2.75, 3.05) is 14.2 Å². The van der Waals surface area contributed by atoms with Crippen LogP contribution in [0, 0.1) is 6.92 Å². The highest BCUT2D eigenvalue weighted by atomic mass is 32.2. The van der Waals surface area contributed by atoms with Crippen LogP contribution in [0.4, 0.5) is 0 Å². The summed E-state index contributed by atoms with van der Waals surface area (Å²) in [4.78, 5) is 12.2. The van der Waals surface area contributed by atoms with Crippen molar-refractivity contribution in [3.8, 4) is 11.5 Å². The average Bonchev–Trinajstić information content (AvgIpc) is 2.66. The third-order valence-electron chi connectivity index (χ3n) is 3.98. The van der Waals surface area contributed by atoms with Crippen LogP contribution in [0.2, 0.25) is 0 Å². The van der Waals surface area contributed by atoms with Crippen LogP contribution in [0.5, 0.6) is 11.5 Å². The second-order valence-electron chi connectivity index (χ2n) is 6.06. The number of aryl methyl sites for hydroxylation is 1. The van der Waals surface area contributed by atoms with Crippen LogP contribution < -0.4 is 19.5 Å². The quantitative estimate of drug-likeness (QED) is 0.717. The molecule has 1 atom stereocenters. The van der Waals surface area contributed by atoms with Gasteiger partial charge < -0.3 is 14.8 Å². The highest BCUT2D eigenvalue weighted by Crippen LogP contribution is 2.29. The molecule has 1 amide bonds. The smallest absolute Gasteiger partial charge is 0.241 e. The van der Waals surface area contributed by atoms with E-state index >= 15 is 0 Å². The number of ether oxygens (including phenoxy) is 2. The van der Waals surface area contributed by atoms with Gasteiger partial charge in [0.05, 0.1) is 25.2 Å². The van der Waals surface area contributed by atoms with Gasteiger partial charge in [0.25, 0.3) is 0 Å². The summed E-state index contributed by atoms with van der Waals surface area (Å²) in [6.45, 7) is 3.79. The minimum absolute atomic E-state index is 0.0154. The van der Waals surface area contributed by atoms with Crippen molar-refractivity contribution in [1.29, 1.82) is 0 Å². The average molecular weight is 392 g/mol. The van der Waals surface area contributed by atoms with E-state index in [0.29, 0.717) is 12.3 Å². The molecule has 8 heteroatoms. The minimum atomic E-state index is -3.90. The first kappa shape index (κ1) is 20.7. The molecule has 2 aromatic rings. The maximum absolute atomic E-state index is 12.5. The van der Waals surface area contributed by atoms with E-state index in [1.807, 2.05) is 31.2 Å². The van der Waals surface area contributed by atoms with Crippen molar-refractivity contribution < 1.29 is 22.7 Å². The van der Waals surface area contributed by atoms with Crippen LogP contribution in [-0.4, -0.2) is 34.6 Å². The normalized spacial score (nSPS) is 12.3.